The highest BCUT2D eigenvalue weighted by atomic mass is 32.1. The van der Waals surface area contributed by atoms with Gasteiger partial charge in [-0.2, -0.15) is 0 Å². The fraction of sp³-hybridized carbons (Fsp3) is 0.212. The van der Waals surface area contributed by atoms with Crippen molar-refractivity contribution in [1.29, 1.82) is 0 Å². The van der Waals surface area contributed by atoms with E-state index in [4.69, 9.17) is 9.47 Å². The lowest BCUT2D eigenvalue weighted by Gasteiger charge is -2.38. The minimum absolute atomic E-state index is 0.326. The molecule has 7 rings (SSSR count). The van der Waals surface area contributed by atoms with E-state index in [1.165, 1.54) is 22.6 Å². The van der Waals surface area contributed by atoms with Gasteiger partial charge in [-0.1, -0.05) is 30.3 Å². The largest absolute Gasteiger partial charge is 0.457 e. The van der Waals surface area contributed by atoms with Crippen molar-refractivity contribution in [2.45, 2.75) is 32.5 Å². The number of urea groups is 1. The number of thiophene rings is 1. The Hall–Kier alpha value is -4.84. The van der Waals surface area contributed by atoms with E-state index in [2.05, 4.69) is 39.3 Å². The number of nitrogens with zero attached hydrogens (tertiary/aromatic N) is 4. The highest BCUT2D eigenvalue weighted by Crippen LogP contribution is 2.45. The van der Waals surface area contributed by atoms with Gasteiger partial charge in [0.25, 0.3) is 5.91 Å². The van der Waals surface area contributed by atoms with Crippen LogP contribution in [-0.4, -0.2) is 52.1 Å². The molecular formula is C33H30N6O4S. The Bertz CT molecular complexity index is 1820. The van der Waals surface area contributed by atoms with Crippen molar-refractivity contribution in [3.8, 4) is 11.5 Å². The summed E-state index contributed by atoms with van der Waals surface area (Å²) in [5.74, 6) is 1.44. The maximum Gasteiger partial charge on any atom is 0.332 e. The van der Waals surface area contributed by atoms with E-state index in [0.29, 0.717) is 55.8 Å². The average Bonchev–Trinajstić information content (AvgIpc) is 3.40. The molecule has 0 spiro atoms. The van der Waals surface area contributed by atoms with Gasteiger partial charge >= 0.3 is 6.03 Å². The fourth-order valence-electron chi connectivity index (χ4n) is 5.59. The number of carbonyl (C=O) groups is 2. The molecule has 4 heterocycles. The second-order valence-electron chi connectivity index (χ2n) is 10.9. The molecule has 2 unspecified atom stereocenters. The predicted octanol–water partition coefficient (Wildman–Crippen LogP) is 7.03. The van der Waals surface area contributed by atoms with Crippen LogP contribution < -0.4 is 20.3 Å². The van der Waals surface area contributed by atoms with E-state index in [-0.39, 0.29) is 5.91 Å². The van der Waals surface area contributed by atoms with Crippen LogP contribution >= 0.6 is 11.3 Å². The Morgan fingerprint density at radius 2 is 1.68 bits per heavy atom. The standard InChI is InChI=1S/C33H30N6O4S/c1-20-17-42-18-21(2)38(20)16-22-8-10-23(11-9-22)36-31(40)29-28-27-30(34-19-35-32(27)44-29)39(33(41)37-28)24-12-14-26(15-13-24)43-25-6-4-3-5-7-25/h3-15,19-21H,16-18H2,1-2H3,(H,36,40)(H,37,41). The van der Waals surface area contributed by atoms with Crippen LogP contribution in [0.4, 0.5) is 27.7 Å². The lowest BCUT2D eigenvalue weighted by Crippen LogP contribution is -2.48. The topological polar surface area (TPSA) is 109 Å². The Morgan fingerprint density at radius 1 is 0.977 bits per heavy atom. The first-order valence-corrected chi connectivity index (χ1v) is 15.2. The van der Waals surface area contributed by atoms with Gasteiger partial charge in [0.15, 0.2) is 5.82 Å². The lowest BCUT2D eigenvalue weighted by molar-refractivity contribution is -0.0409. The van der Waals surface area contributed by atoms with E-state index in [0.717, 1.165) is 31.1 Å². The average molecular weight is 607 g/mol. The smallest absolute Gasteiger partial charge is 0.332 e. The molecule has 0 saturated carbocycles. The molecule has 0 radical (unpaired) electrons. The van der Waals surface area contributed by atoms with E-state index in [1.807, 2.05) is 54.6 Å². The zero-order valence-electron chi connectivity index (χ0n) is 24.2. The van der Waals surface area contributed by atoms with Crippen molar-refractivity contribution >= 4 is 56.4 Å². The molecule has 5 aromatic rings. The molecule has 1 saturated heterocycles. The SMILES string of the molecule is CC1COCC(C)N1Cc1ccc(NC(=O)c2sc3ncnc4c3c2NC(=O)N4c2ccc(Oc3ccccc3)cc2)cc1. The van der Waals surface area contributed by atoms with Crippen molar-refractivity contribution < 1.29 is 19.1 Å². The first-order valence-electron chi connectivity index (χ1n) is 14.4. The second kappa shape index (κ2) is 11.7. The number of ether oxygens (including phenoxy) is 2. The third-order valence-corrected chi connectivity index (χ3v) is 8.92. The Labute approximate surface area is 258 Å². The molecule has 2 aromatic heterocycles. The van der Waals surface area contributed by atoms with E-state index >= 15 is 0 Å². The zero-order chi connectivity index (χ0) is 30.2. The summed E-state index contributed by atoms with van der Waals surface area (Å²) in [5.41, 5.74) is 2.84. The minimum atomic E-state index is -0.419. The van der Waals surface area contributed by atoms with Gasteiger partial charge in [-0.15, -0.1) is 11.3 Å². The number of para-hydroxylation sites is 1. The Balaban J connectivity index is 1.10. The molecule has 3 amide bonds. The van der Waals surface area contributed by atoms with Crippen LogP contribution in [0.2, 0.25) is 0 Å². The minimum Gasteiger partial charge on any atom is -0.457 e. The van der Waals surface area contributed by atoms with Gasteiger partial charge < -0.3 is 20.1 Å². The van der Waals surface area contributed by atoms with Gasteiger partial charge in [0.05, 0.1) is 30.0 Å². The van der Waals surface area contributed by atoms with Crippen molar-refractivity contribution in [1.82, 2.24) is 14.9 Å². The number of anilines is 4. The van der Waals surface area contributed by atoms with Gasteiger partial charge in [-0.3, -0.25) is 9.69 Å². The number of morpholine rings is 1. The third-order valence-electron chi connectivity index (χ3n) is 7.82. The van der Waals surface area contributed by atoms with Crippen LogP contribution in [0.25, 0.3) is 10.2 Å². The van der Waals surface area contributed by atoms with Crippen LogP contribution in [0, 0.1) is 0 Å². The number of benzene rings is 3. The number of hydrogen-bond donors (Lipinski definition) is 2. The molecule has 0 aliphatic carbocycles. The molecule has 0 bridgehead atoms. The van der Waals surface area contributed by atoms with Crippen LogP contribution in [0.5, 0.6) is 11.5 Å². The summed E-state index contributed by atoms with van der Waals surface area (Å²) in [4.78, 5) is 40.6. The number of aromatic nitrogens is 2. The quantitative estimate of drug-likeness (QED) is 0.205. The normalized spacial score (nSPS) is 18.2. The van der Waals surface area contributed by atoms with Crippen molar-refractivity contribution in [3.05, 3.63) is 95.6 Å². The molecule has 2 aliphatic heterocycles. The summed E-state index contributed by atoms with van der Waals surface area (Å²) in [6.45, 7) is 6.62. The van der Waals surface area contributed by atoms with E-state index < -0.39 is 6.03 Å². The summed E-state index contributed by atoms with van der Waals surface area (Å²) in [6.07, 6.45) is 1.41. The van der Waals surface area contributed by atoms with E-state index in [9.17, 15) is 9.59 Å². The second-order valence-corrected chi connectivity index (χ2v) is 11.9. The number of nitrogens with one attached hydrogen (secondary N) is 2. The van der Waals surface area contributed by atoms with Crippen molar-refractivity contribution in [2.75, 3.05) is 28.7 Å². The summed E-state index contributed by atoms with van der Waals surface area (Å²) in [5, 5.41) is 6.52. The molecule has 2 N–H and O–H groups in total. The molecule has 3 aromatic carbocycles. The lowest BCUT2D eigenvalue weighted by atomic mass is 10.1. The molecule has 222 valence electrons. The molecule has 10 nitrogen and oxygen atoms in total. The Morgan fingerprint density at radius 3 is 2.41 bits per heavy atom. The molecular weight excluding hydrogens is 576 g/mol. The maximum atomic E-state index is 13.5. The Kier molecular flexibility index (Phi) is 7.42. The van der Waals surface area contributed by atoms with E-state index in [1.54, 1.807) is 24.3 Å². The highest BCUT2D eigenvalue weighted by molar-refractivity contribution is 7.21. The van der Waals surface area contributed by atoms with Crippen LogP contribution in [0.15, 0.2) is 85.2 Å². The number of rotatable bonds is 7. The monoisotopic (exact) mass is 606 g/mol. The molecule has 1 fully saturated rings. The highest BCUT2D eigenvalue weighted by Gasteiger charge is 2.34. The van der Waals surface area contributed by atoms with Gasteiger partial charge in [-0.25, -0.2) is 19.7 Å². The number of hydrogen-bond acceptors (Lipinski definition) is 8. The molecule has 2 atom stereocenters. The molecule has 11 heteroatoms. The van der Waals surface area contributed by atoms with Gasteiger partial charge in [0.2, 0.25) is 0 Å². The molecule has 2 aliphatic rings. The van der Waals surface area contributed by atoms with Crippen LogP contribution in [0.1, 0.15) is 29.1 Å². The van der Waals surface area contributed by atoms with Crippen molar-refractivity contribution in [2.24, 2.45) is 0 Å². The van der Waals surface area contributed by atoms with Crippen LogP contribution in [-0.2, 0) is 11.3 Å². The van der Waals surface area contributed by atoms with Gasteiger partial charge in [0.1, 0.15) is 27.5 Å². The van der Waals surface area contributed by atoms with Crippen molar-refractivity contribution in [3.63, 3.8) is 0 Å². The zero-order valence-corrected chi connectivity index (χ0v) is 25.0. The number of amides is 3. The maximum absolute atomic E-state index is 13.5. The summed E-state index contributed by atoms with van der Waals surface area (Å²) < 4.78 is 11.5. The summed E-state index contributed by atoms with van der Waals surface area (Å²) >= 11 is 1.22. The third kappa shape index (κ3) is 5.37. The first kappa shape index (κ1) is 28.0. The van der Waals surface area contributed by atoms with Gasteiger partial charge in [-0.05, 0) is 67.9 Å². The fourth-order valence-corrected chi connectivity index (χ4v) is 6.58. The summed E-state index contributed by atoms with van der Waals surface area (Å²) in [7, 11) is 0. The number of carbonyl (C=O) groups excluding carboxylic acids is 2. The molecule has 44 heavy (non-hydrogen) atoms. The summed E-state index contributed by atoms with van der Waals surface area (Å²) in [6, 6.07) is 24.8. The van der Waals surface area contributed by atoms with Crippen LogP contribution in [0.3, 0.4) is 0 Å². The first-order chi connectivity index (χ1) is 21.4. The predicted molar refractivity (Wildman–Crippen MR) is 171 cm³/mol. The van der Waals surface area contributed by atoms with Gasteiger partial charge in [0, 0.05) is 24.3 Å².